The monoisotopic (exact) mass is 145 g/mol. The van der Waals surface area contributed by atoms with Crippen molar-refractivity contribution >= 4 is 0 Å². The molecule has 2 atom stereocenters. The van der Waals surface area contributed by atoms with Gasteiger partial charge in [-0.15, -0.1) is 0 Å². The lowest BCUT2D eigenvalue weighted by Crippen LogP contribution is -2.31. The van der Waals surface area contributed by atoms with Crippen LogP contribution in [0.5, 0.6) is 0 Å². The highest BCUT2D eigenvalue weighted by Crippen LogP contribution is 2.31. The number of nitrogens with one attached hydrogen (secondary N) is 1. The Bertz CT molecular complexity index is 120. The van der Waals surface area contributed by atoms with E-state index >= 15 is 0 Å². The van der Waals surface area contributed by atoms with E-state index in [0.717, 1.165) is 6.54 Å². The molecule has 1 N–H and O–H groups in total. The van der Waals surface area contributed by atoms with Crippen molar-refractivity contribution in [2.45, 2.75) is 26.4 Å². The molecule has 0 aromatic carbocycles. The van der Waals surface area contributed by atoms with Crippen molar-refractivity contribution in [3.8, 4) is 0 Å². The van der Waals surface area contributed by atoms with Crippen molar-refractivity contribution in [1.29, 1.82) is 0 Å². The molecule has 1 rings (SSSR count). The number of alkyl halides is 1. The summed E-state index contributed by atoms with van der Waals surface area (Å²) in [7, 11) is 0. The molecule has 0 aromatic rings. The van der Waals surface area contributed by atoms with Crippen LogP contribution in [0.4, 0.5) is 4.39 Å². The van der Waals surface area contributed by atoms with Crippen molar-refractivity contribution in [3.05, 3.63) is 0 Å². The number of rotatable bonds is 1. The van der Waals surface area contributed by atoms with Crippen molar-refractivity contribution < 1.29 is 4.39 Å². The number of hydrogen-bond donors (Lipinski definition) is 1. The Morgan fingerprint density at radius 2 is 2.20 bits per heavy atom. The second kappa shape index (κ2) is 2.50. The van der Waals surface area contributed by atoms with Gasteiger partial charge < -0.3 is 5.32 Å². The smallest absolute Gasteiger partial charge is 0.124 e. The lowest BCUT2D eigenvalue weighted by atomic mass is 9.85. The zero-order chi connectivity index (χ0) is 7.78. The highest BCUT2D eigenvalue weighted by atomic mass is 19.1. The average molecular weight is 145 g/mol. The molecular weight excluding hydrogens is 129 g/mol. The highest BCUT2D eigenvalue weighted by molar-refractivity contribution is 4.93. The first-order chi connectivity index (χ1) is 4.54. The summed E-state index contributed by atoms with van der Waals surface area (Å²) < 4.78 is 13.5. The predicted molar refractivity (Wildman–Crippen MR) is 40.7 cm³/mol. The van der Waals surface area contributed by atoms with E-state index in [1.54, 1.807) is 6.92 Å². The summed E-state index contributed by atoms with van der Waals surface area (Å²) in [5.41, 5.74) is -0.978. The van der Waals surface area contributed by atoms with Gasteiger partial charge in [0.25, 0.3) is 0 Å². The number of halogens is 1. The van der Waals surface area contributed by atoms with E-state index < -0.39 is 5.67 Å². The molecular formula is C8H16FN. The molecule has 60 valence electrons. The van der Waals surface area contributed by atoms with Crippen LogP contribution in [0.1, 0.15) is 20.8 Å². The van der Waals surface area contributed by atoms with Crippen LogP contribution in [0, 0.1) is 11.8 Å². The molecule has 2 unspecified atom stereocenters. The van der Waals surface area contributed by atoms with Gasteiger partial charge in [-0.25, -0.2) is 4.39 Å². The highest BCUT2D eigenvalue weighted by Gasteiger charge is 2.40. The first-order valence-electron chi connectivity index (χ1n) is 3.93. The fraction of sp³-hybridized carbons (Fsp3) is 1.00. The van der Waals surface area contributed by atoms with Gasteiger partial charge in [0.2, 0.25) is 0 Å². The van der Waals surface area contributed by atoms with Gasteiger partial charge in [-0.2, -0.15) is 0 Å². The molecule has 1 aliphatic heterocycles. The molecule has 0 bridgehead atoms. The van der Waals surface area contributed by atoms with Crippen molar-refractivity contribution in [3.63, 3.8) is 0 Å². The quantitative estimate of drug-likeness (QED) is 0.591. The van der Waals surface area contributed by atoms with Crippen LogP contribution in [0.3, 0.4) is 0 Å². The maximum absolute atomic E-state index is 13.5. The fourth-order valence-electron chi connectivity index (χ4n) is 1.75. The SMILES string of the molecule is CC(C)C1CNCC1(C)F. The minimum Gasteiger partial charge on any atom is -0.313 e. The Kier molecular flexibility index (Phi) is 1.99. The van der Waals surface area contributed by atoms with E-state index in [9.17, 15) is 4.39 Å². The van der Waals surface area contributed by atoms with Gasteiger partial charge in [0.05, 0.1) is 0 Å². The average Bonchev–Trinajstić information content (AvgIpc) is 2.08. The second-order valence-electron chi connectivity index (χ2n) is 3.76. The summed E-state index contributed by atoms with van der Waals surface area (Å²) in [4.78, 5) is 0. The van der Waals surface area contributed by atoms with Gasteiger partial charge in [-0.1, -0.05) is 13.8 Å². The summed E-state index contributed by atoms with van der Waals surface area (Å²) in [6.07, 6.45) is 0. The lowest BCUT2D eigenvalue weighted by molar-refractivity contribution is 0.121. The number of hydrogen-bond acceptors (Lipinski definition) is 1. The van der Waals surface area contributed by atoms with Crippen LogP contribution in [0.25, 0.3) is 0 Å². The molecule has 0 amide bonds. The van der Waals surface area contributed by atoms with Crippen molar-refractivity contribution in [2.24, 2.45) is 11.8 Å². The van der Waals surface area contributed by atoms with Gasteiger partial charge in [0.15, 0.2) is 0 Å². The Labute approximate surface area is 62.0 Å². The van der Waals surface area contributed by atoms with E-state index in [4.69, 9.17) is 0 Å². The molecule has 0 radical (unpaired) electrons. The second-order valence-corrected chi connectivity index (χ2v) is 3.76. The van der Waals surface area contributed by atoms with Crippen LogP contribution in [0.15, 0.2) is 0 Å². The van der Waals surface area contributed by atoms with Crippen LogP contribution in [0.2, 0.25) is 0 Å². The van der Waals surface area contributed by atoms with Gasteiger partial charge in [0.1, 0.15) is 5.67 Å². The first kappa shape index (κ1) is 7.99. The van der Waals surface area contributed by atoms with E-state index in [1.165, 1.54) is 0 Å². The van der Waals surface area contributed by atoms with Crippen LogP contribution < -0.4 is 5.32 Å². The summed E-state index contributed by atoms with van der Waals surface area (Å²) in [5, 5.41) is 3.07. The Hall–Kier alpha value is -0.110. The van der Waals surface area contributed by atoms with E-state index in [0.29, 0.717) is 12.5 Å². The fourth-order valence-corrected chi connectivity index (χ4v) is 1.75. The Morgan fingerprint density at radius 3 is 2.40 bits per heavy atom. The molecule has 1 aliphatic rings. The van der Waals surface area contributed by atoms with Gasteiger partial charge in [-0.3, -0.25) is 0 Å². The minimum absolute atomic E-state index is 0.201. The largest absolute Gasteiger partial charge is 0.313 e. The van der Waals surface area contributed by atoms with Gasteiger partial charge >= 0.3 is 0 Å². The van der Waals surface area contributed by atoms with E-state index in [1.807, 2.05) is 0 Å². The van der Waals surface area contributed by atoms with E-state index in [-0.39, 0.29) is 5.92 Å². The maximum Gasteiger partial charge on any atom is 0.124 e. The standard InChI is InChI=1S/C8H16FN/c1-6(2)7-4-10-5-8(7,3)9/h6-7,10H,4-5H2,1-3H3. The molecule has 1 heterocycles. The molecule has 0 aromatic heterocycles. The Morgan fingerprint density at radius 1 is 1.60 bits per heavy atom. The normalized spacial score (nSPS) is 41.1. The minimum atomic E-state index is -0.978. The zero-order valence-corrected chi connectivity index (χ0v) is 6.95. The molecule has 1 fully saturated rings. The molecule has 2 heteroatoms. The summed E-state index contributed by atoms with van der Waals surface area (Å²) >= 11 is 0. The lowest BCUT2D eigenvalue weighted by Gasteiger charge is -2.24. The zero-order valence-electron chi connectivity index (χ0n) is 6.95. The maximum atomic E-state index is 13.5. The molecule has 1 saturated heterocycles. The third-order valence-corrected chi connectivity index (χ3v) is 2.41. The van der Waals surface area contributed by atoms with Crippen molar-refractivity contribution in [1.82, 2.24) is 5.32 Å². The topological polar surface area (TPSA) is 12.0 Å². The summed E-state index contributed by atoms with van der Waals surface area (Å²) in [5.74, 6) is 0.650. The molecule has 0 aliphatic carbocycles. The van der Waals surface area contributed by atoms with Crippen LogP contribution in [-0.2, 0) is 0 Å². The third-order valence-electron chi connectivity index (χ3n) is 2.41. The summed E-state index contributed by atoms with van der Waals surface area (Å²) in [6.45, 7) is 7.21. The molecule has 10 heavy (non-hydrogen) atoms. The van der Waals surface area contributed by atoms with Crippen LogP contribution in [-0.4, -0.2) is 18.8 Å². The summed E-state index contributed by atoms with van der Waals surface area (Å²) in [6, 6.07) is 0. The van der Waals surface area contributed by atoms with Gasteiger partial charge in [-0.05, 0) is 12.8 Å². The van der Waals surface area contributed by atoms with Crippen LogP contribution >= 0.6 is 0 Å². The molecule has 1 nitrogen and oxygen atoms in total. The Balaban J connectivity index is 2.59. The van der Waals surface area contributed by atoms with Crippen molar-refractivity contribution in [2.75, 3.05) is 13.1 Å². The molecule has 0 saturated carbocycles. The molecule has 0 spiro atoms. The predicted octanol–water partition coefficient (Wildman–Crippen LogP) is 1.59. The third kappa shape index (κ3) is 1.31. The van der Waals surface area contributed by atoms with Gasteiger partial charge in [0, 0.05) is 19.0 Å². The van der Waals surface area contributed by atoms with E-state index in [2.05, 4.69) is 19.2 Å². The first-order valence-corrected chi connectivity index (χ1v) is 3.93.